The summed E-state index contributed by atoms with van der Waals surface area (Å²) in [6, 6.07) is 9.36. The zero-order chi connectivity index (χ0) is 17.8. The van der Waals surface area contributed by atoms with Gasteiger partial charge in [-0.2, -0.15) is 0 Å². The summed E-state index contributed by atoms with van der Waals surface area (Å²) in [6.45, 7) is 4.49. The van der Waals surface area contributed by atoms with E-state index >= 15 is 0 Å². The van der Waals surface area contributed by atoms with E-state index in [1.807, 2.05) is 44.2 Å². The van der Waals surface area contributed by atoms with Crippen LogP contribution in [0.3, 0.4) is 0 Å². The summed E-state index contributed by atoms with van der Waals surface area (Å²) in [5, 5.41) is 3.31. The lowest BCUT2D eigenvalue weighted by molar-refractivity contribution is -0.116. The highest BCUT2D eigenvalue weighted by Gasteiger charge is 2.13. The predicted molar refractivity (Wildman–Crippen MR) is 102 cm³/mol. The highest BCUT2D eigenvalue weighted by Crippen LogP contribution is 2.29. The standard InChI is InChI=1S/C18H18N2O3S2/c1-3-23-12-5-6-13-16(10-12)25-18(19-13)20-17(22)9-7-14(21)15-8-4-11(2)24-15/h4-6,8,10H,3,7,9H2,1-2H3,(H,19,20,22). The topological polar surface area (TPSA) is 68.3 Å². The van der Waals surface area contributed by atoms with E-state index in [1.165, 1.54) is 22.7 Å². The number of amides is 1. The van der Waals surface area contributed by atoms with Gasteiger partial charge in [0.25, 0.3) is 0 Å². The molecule has 0 fully saturated rings. The molecule has 0 radical (unpaired) electrons. The Labute approximate surface area is 153 Å². The molecule has 0 saturated carbocycles. The molecule has 0 atom stereocenters. The third-order valence-electron chi connectivity index (χ3n) is 3.51. The lowest BCUT2D eigenvalue weighted by Gasteiger charge is -2.00. The number of thiophene rings is 1. The van der Waals surface area contributed by atoms with Crippen molar-refractivity contribution in [3.05, 3.63) is 40.1 Å². The normalized spacial score (nSPS) is 10.8. The van der Waals surface area contributed by atoms with E-state index in [-0.39, 0.29) is 24.5 Å². The van der Waals surface area contributed by atoms with Crippen LogP contribution in [0.1, 0.15) is 34.3 Å². The first kappa shape index (κ1) is 17.6. The number of Topliss-reactive ketones (excluding diaryl/α,β-unsaturated/α-hetero) is 1. The van der Waals surface area contributed by atoms with Crippen LogP contribution in [0.2, 0.25) is 0 Å². The molecular weight excluding hydrogens is 356 g/mol. The quantitative estimate of drug-likeness (QED) is 0.610. The van der Waals surface area contributed by atoms with Crippen molar-refractivity contribution < 1.29 is 14.3 Å². The minimum absolute atomic E-state index is 0.00101. The molecule has 1 N–H and O–H groups in total. The van der Waals surface area contributed by atoms with Gasteiger partial charge in [-0.05, 0) is 44.2 Å². The van der Waals surface area contributed by atoms with Gasteiger partial charge in [0, 0.05) is 17.7 Å². The molecule has 0 spiro atoms. The summed E-state index contributed by atoms with van der Waals surface area (Å²) >= 11 is 2.85. The average molecular weight is 374 g/mol. The molecule has 130 valence electrons. The van der Waals surface area contributed by atoms with Gasteiger partial charge < -0.3 is 10.1 Å². The van der Waals surface area contributed by atoms with E-state index in [4.69, 9.17) is 4.74 Å². The third kappa shape index (κ3) is 4.43. The second kappa shape index (κ2) is 7.76. The summed E-state index contributed by atoms with van der Waals surface area (Å²) in [4.78, 5) is 30.3. The van der Waals surface area contributed by atoms with Gasteiger partial charge in [-0.3, -0.25) is 9.59 Å². The molecule has 0 aliphatic heterocycles. The van der Waals surface area contributed by atoms with Crippen molar-refractivity contribution >= 4 is 49.7 Å². The molecule has 0 saturated heterocycles. The minimum atomic E-state index is -0.203. The van der Waals surface area contributed by atoms with Crippen LogP contribution in [0, 0.1) is 6.92 Å². The molecule has 0 bridgehead atoms. The SMILES string of the molecule is CCOc1ccc2nc(NC(=O)CCC(=O)c3ccc(C)s3)sc2c1. The first-order valence-corrected chi connectivity index (χ1v) is 9.61. The Morgan fingerprint density at radius 3 is 2.72 bits per heavy atom. The Bertz CT molecular complexity index is 914. The molecule has 2 aromatic heterocycles. The van der Waals surface area contributed by atoms with Crippen molar-refractivity contribution in [1.82, 2.24) is 4.98 Å². The summed E-state index contributed by atoms with van der Waals surface area (Å²) in [5.74, 6) is 0.581. The molecule has 3 rings (SSSR count). The number of nitrogens with one attached hydrogen (secondary N) is 1. The van der Waals surface area contributed by atoms with Gasteiger partial charge in [-0.25, -0.2) is 4.98 Å². The van der Waals surface area contributed by atoms with Crippen molar-refractivity contribution in [3.63, 3.8) is 0 Å². The zero-order valence-electron chi connectivity index (χ0n) is 14.0. The Balaban J connectivity index is 1.59. The number of carbonyl (C=O) groups excluding carboxylic acids is 2. The van der Waals surface area contributed by atoms with Crippen LogP contribution in [-0.2, 0) is 4.79 Å². The van der Waals surface area contributed by atoms with Crippen LogP contribution >= 0.6 is 22.7 Å². The van der Waals surface area contributed by atoms with Crippen molar-refractivity contribution in [3.8, 4) is 5.75 Å². The Morgan fingerprint density at radius 2 is 2.00 bits per heavy atom. The third-order valence-corrected chi connectivity index (χ3v) is 5.49. The number of aromatic nitrogens is 1. The number of ketones is 1. The highest BCUT2D eigenvalue weighted by atomic mass is 32.1. The Morgan fingerprint density at radius 1 is 1.16 bits per heavy atom. The second-order valence-corrected chi connectivity index (χ2v) is 7.78. The number of ether oxygens (including phenoxy) is 1. The van der Waals surface area contributed by atoms with E-state index in [2.05, 4.69) is 10.3 Å². The molecule has 3 aromatic rings. The summed E-state index contributed by atoms with van der Waals surface area (Å²) in [7, 11) is 0. The summed E-state index contributed by atoms with van der Waals surface area (Å²) < 4.78 is 6.42. The maximum atomic E-state index is 12.1. The molecule has 0 aliphatic carbocycles. The number of nitrogens with zero attached hydrogens (tertiary/aromatic N) is 1. The van der Waals surface area contributed by atoms with Crippen LogP contribution in [0.15, 0.2) is 30.3 Å². The van der Waals surface area contributed by atoms with E-state index in [0.29, 0.717) is 16.6 Å². The maximum absolute atomic E-state index is 12.1. The largest absolute Gasteiger partial charge is 0.494 e. The second-order valence-electron chi connectivity index (χ2n) is 5.46. The predicted octanol–water partition coefficient (Wildman–Crippen LogP) is 4.67. The molecule has 2 heterocycles. The van der Waals surface area contributed by atoms with Gasteiger partial charge in [0.05, 0.1) is 21.7 Å². The molecule has 0 aliphatic rings. The average Bonchev–Trinajstić information content (AvgIpc) is 3.18. The maximum Gasteiger partial charge on any atom is 0.226 e. The fourth-order valence-electron chi connectivity index (χ4n) is 2.33. The smallest absolute Gasteiger partial charge is 0.226 e. The van der Waals surface area contributed by atoms with Gasteiger partial charge >= 0.3 is 0 Å². The number of hydrogen-bond acceptors (Lipinski definition) is 6. The van der Waals surface area contributed by atoms with Gasteiger partial charge in [-0.15, -0.1) is 11.3 Å². The van der Waals surface area contributed by atoms with Crippen LogP contribution in [0.4, 0.5) is 5.13 Å². The fraction of sp³-hybridized carbons (Fsp3) is 0.278. The van der Waals surface area contributed by atoms with Crippen molar-refractivity contribution in [1.29, 1.82) is 0 Å². The van der Waals surface area contributed by atoms with E-state index in [1.54, 1.807) is 0 Å². The number of carbonyl (C=O) groups is 2. The molecule has 25 heavy (non-hydrogen) atoms. The molecule has 0 unspecified atom stereocenters. The molecule has 5 nitrogen and oxygen atoms in total. The van der Waals surface area contributed by atoms with Gasteiger partial charge in [0.2, 0.25) is 5.91 Å². The molecule has 7 heteroatoms. The molecule has 1 aromatic carbocycles. The number of hydrogen-bond donors (Lipinski definition) is 1. The minimum Gasteiger partial charge on any atom is -0.494 e. The van der Waals surface area contributed by atoms with Crippen LogP contribution in [0.25, 0.3) is 10.2 Å². The first-order chi connectivity index (χ1) is 12.0. The van der Waals surface area contributed by atoms with Crippen molar-refractivity contribution in [2.75, 3.05) is 11.9 Å². The van der Waals surface area contributed by atoms with E-state index in [9.17, 15) is 9.59 Å². The summed E-state index contributed by atoms with van der Waals surface area (Å²) in [6.07, 6.45) is 0.348. The summed E-state index contributed by atoms with van der Waals surface area (Å²) in [5.41, 5.74) is 0.814. The Kier molecular flexibility index (Phi) is 5.45. The van der Waals surface area contributed by atoms with Crippen molar-refractivity contribution in [2.45, 2.75) is 26.7 Å². The van der Waals surface area contributed by atoms with Crippen LogP contribution in [-0.4, -0.2) is 23.3 Å². The van der Waals surface area contributed by atoms with Crippen molar-refractivity contribution in [2.24, 2.45) is 0 Å². The number of rotatable bonds is 7. The van der Waals surface area contributed by atoms with Crippen LogP contribution < -0.4 is 10.1 Å². The first-order valence-electron chi connectivity index (χ1n) is 7.98. The van der Waals surface area contributed by atoms with Crippen LogP contribution in [0.5, 0.6) is 5.75 Å². The highest BCUT2D eigenvalue weighted by molar-refractivity contribution is 7.22. The Hall–Kier alpha value is -2.25. The molecule has 1 amide bonds. The molecular formula is C18H18N2O3S2. The lowest BCUT2D eigenvalue weighted by Crippen LogP contribution is -2.12. The number of fused-ring (bicyclic) bond motifs is 1. The monoisotopic (exact) mass is 374 g/mol. The zero-order valence-corrected chi connectivity index (χ0v) is 15.6. The van der Waals surface area contributed by atoms with Gasteiger partial charge in [-0.1, -0.05) is 11.3 Å². The van der Waals surface area contributed by atoms with E-state index in [0.717, 1.165) is 20.8 Å². The number of anilines is 1. The number of thiazole rings is 1. The van der Waals surface area contributed by atoms with Gasteiger partial charge in [0.1, 0.15) is 5.75 Å². The van der Waals surface area contributed by atoms with Gasteiger partial charge in [0.15, 0.2) is 10.9 Å². The number of benzene rings is 1. The lowest BCUT2D eigenvalue weighted by atomic mass is 10.2. The van der Waals surface area contributed by atoms with E-state index < -0.39 is 0 Å². The number of aryl methyl sites for hydroxylation is 1. The fourth-order valence-corrected chi connectivity index (χ4v) is 4.08.